The molecule has 2 rings (SSSR count). The van der Waals surface area contributed by atoms with E-state index in [1.807, 2.05) is 30.2 Å². The molecule has 2 nitrogen and oxygen atoms in total. The van der Waals surface area contributed by atoms with Gasteiger partial charge >= 0.3 is 0 Å². The van der Waals surface area contributed by atoms with E-state index in [-0.39, 0.29) is 0 Å². The minimum atomic E-state index is 0.745. The molecule has 1 fully saturated rings. The van der Waals surface area contributed by atoms with Gasteiger partial charge in [-0.25, -0.2) is 0 Å². The quantitative estimate of drug-likeness (QED) is 0.870. The van der Waals surface area contributed by atoms with E-state index in [2.05, 4.69) is 22.6 Å². The van der Waals surface area contributed by atoms with Crippen molar-refractivity contribution in [3.8, 4) is 0 Å². The summed E-state index contributed by atoms with van der Waals surface area (Å²) in [6.45, 7) is 1.08. The molecule has 0 radical (unpaired) electrons. The van der Waals surface area contributed by atoms with Gasteiger partial charge in [-0.3, -0.25) is 4.98 Å². The van der Waals surface area contributed by atoms with E-state index in [4.69, 9.17) is 0 Å². The summed E-state index contributed by atoms with van der Waals surface area (Å²) in [6, 6.07) is 4.91. The molecule has 0 aromatic carbocycles. The van der Waals surface area contributed by atoms with Gasteiger partial charge in [-0.1, -0.05) is 6.07 Å². The SMILES string of the molecule is CSC1CCC(NCCc2cccnc2)CC1. The third-order valence-electron chi connectivity index (χ3n) is 3.58. The van der Waals surface area contributed by atoms with E-state index in [1.165, 1.54) is 31.2 Å². The van der Waals surface area contributed by atoms with Gasteiger partial charge in [-0.15, -0.1) is 0 Å². The van der Waals surface area contributed by atoms with Crippen molar-refractivity contribution in [2.45, 2.75) is 43.4 Å². The molecule has 1 aliphatic rings. The van der Waals surface area contributed by atoms with Gasteiger partial charge in [0, 0.05) is 23.7 Å². The summed E-state index contributed by atoms with van der Waals surface area (Å²) in [5, 5.41) is 4.59. The molecule has 3 heteroatoms. The molecule has 0 spiro atoms. The van der Waals surface area contributed by atoms with Crippen LogP contribution < -0.4 is 5.32 Å². The standard InChI is InChI=1S/C14H22N2S/c1-17-14-6-4-13(5-7-14)16-10-8-12-3-2-9-15-11-12/h2-3,9,11,13-14,16H,4-8,10H2,1H3. The van der Waals surface area contributed by atoms with Gasteiger partial charge < -0.3 is 5.32 Å². The molecule has 94 valence electrons. The van der Waals surface area contributed by atoms with E-state index in [1.54, 1.807) is 0 Å². The maximum atomic E-state index is 4.14. The molecule has 0 unspecified atom stereocenters. The molecule has 1 N–H and O–H groups in total. The highest BCUT2D eigenvalue weighted by atomic mass is 32.2. The first-order valence-electron chi connectivity index (χ1n) is 6.53. The smallest absolute Gasteiger partial charge is 0.0300 e. The summed E-state index contributed by atoms with van der Waals surface area (Å²) in [5.41, 5.74) is 1.33. The molecule has 0 amide bonds. The van der Waals surface area contributed by atoms with Crippen molar-refractivity contribution in [2.75, 3.05) is 12.8 Å². The first-order valence-corrected chi connectivity index (χ1v) is 7.82. The first-order chi connectivity index (χ1) is 8.38. The lowest BCUT2D eigenvalue weighted by molar-refractivity contribution is 0.382. The second-order valence-corrected chi connectivity index (χ2v) is 5.91. The number of pyridine rings is 1. The number of hydrogen-bond acceptors (Lipinski definition) is 3. The highest BCUT2D eigenvalue weighted by Crippen LogP contribution is 2.26. The van der Waals surface area contributed by atoms with Crippen molar-refractivity contribution >= 4 is 11.8 Å². The van der Waals surface area contributed by atoms with Gasteiger partial charge in [-0.2, -0.15) is 11.8 Å². The minimum Gasteiger partial charge on any atom is -0.314 e. The number of aromatic nitrogens is 1. The van der Waals surface area contributed by atoms with E-state index >= 15 is 0 Å². The fraction of sp³-hybridized carbons (Fsp3) is 0.643. The average Bonchev–Trinajstić information content (AvgIpc) is 2.41. The Morgan fingerprint density at radius 1 is 1.35 bits per heavy atom. The average molecular weight is 250 g/mol. The van der Waals surface area contributed by atoms with Crippen molar-refractivity contribution in [3.05, 3.63) is 30.1 Å². The van der Waals surface area contributed by atoms with Crippen LogP contribution in [0.1, 0.15) is 31.2 Å². The second-order valence-electron chi connectivity index (χ2n) is 4.77. The van der Waals surface area contributed by atoms with Crippen LogP contribution in [-0.4, -0.2) is 29.1 Å². The van der Waals surface area contributed by atoms with Crippen LogP contribution in [0.2, 0.25) is 0 Å². The number of rotatable bonds is 5. The molecule has 1 saturated carbocycles. The summed E-state index contributed by atoms with van der Waals surface area (Å²) >= 11 is 2.03. The van der Waals surface area contributed by atoms with Crippen LogP contribution in [0.25, 0.3) is 0 Å². The number of hydrogen-bond donors (Lipinski definition) is 1. The van der Waals surface area contributed by atoms with Crippen molar-refractivity contribution in [1.82, 2.24) is 10.3 Å². The molecule has 1 heterocycles. The summed E-state index contributed by atoms with van der Waals surface area (Å²) in [5.74, 6) is 0. The van der Waals surface area contributed by atoms with Crippen molar-refractivity contribution in [2.24, 2.45) is 0 Å². The Kier molecular flexibility index (Phi) is 5.33. The van der Waals surface area contributed by atoms with E-state index < -0.39 is 0 Å². The van der Waals surface area contributed by atoms with Gasteiger partial charge in [0.1, 0.15) is 0 Å². The van der Waals surface area contributed by atoms with Crippen LogP contribution in [0.15, 0.2) is 24.5 Å². The molecule has 1 aromatic heterocycles. The van der Waals surface area contributed by atoms with Gasteiger partial charge in [0.05, 0.1) is 0 Å². The van der Waals surface area contributed by atoms with Crippen molar-refractivity contribution in [1.29, 1.82) is 0 Å². The molecular formula is C14H22N2S. The van der Waals surface area contributed by atoms with Crippen LogP contribution >= 0.6 is 11.8 Å². The van der Waals surface area contributed by atoms with Crippen molar-refractivity contribution < 1.29 is 0 Å². The first kappa shape index (κ1) is 12.9. The maximum absolute atomic E-state index is 4.14. The zero-order chi connectivity index (χ0) is 11.9. The van der Waals surface area contributed by atoms with E-state index in [0.717, 1.165) is 24.3 Å². The Labute approximate surface area is 109 Å². The van der Waals surface area contributed by atoms with Crippen LogP contribution in [-0.2, 0) is 6.42 Å². The normalized spacial score (nSPS) is 24.8. The lowest BCUT2D eigenvalue weighted by Crippen LogP contribution is -2.35. The van der Waals surface area contributed by atoms with Gasteiger partial charge in [0.2, 0.25) is 0 Å². The number of nitrogens with one attached hydrogen (secondary N) is 1. The van der Waals surface area contributed by atoms with Crippen LogP contribution in [0.3, 0.4) is 0 Å². The fourth-order valence-electron chi connectivity index (χ4n) is 2.47. The summed E-state index contributed by atoms with van der Waals surface area (Å²) in [4.78, 5) is 4.14. The molecule has 0 saturated heterocycles. The molecule has 17 heavy (non-hydrogen) atoms. The Balaban J connectivity index is 1.63. The molecule has 0 bridgehead atoms. The molecule has 0 aliphatic heterocycles. The van der Waals surface area contributed by atoms with Gasteiger partial charge in [0.15, 0.2) is 0 Å². The third kappa shape index (κ3) is 4.32. The number of nitrogens with zero attached hydrogens (tertiary/aromatic N) is 1. The lowest BCUT2D eigenvalue weighted by atomic mass is 9.95. The van der Waals surface area contributed by atoms with E-state index in [0.29, 0.717) is 0 Å². The van der Waals surface area contributed by atoms with Crippen molar-refractivity contribution in [3.63, 3.8) is 0 Å². The summed E-state index contributed by atoms with van der Waals surface area (Å²) in [6.07, 6.45) is 12.6. The number of thioether (sulfide) groups is 1. The van der Waals surface area contributed by atoms with Gasteiger partial charge in [-0.05, 0) is 56.5 Å². The molecule has 1 aromatic rings. The minimum absolute atomic E-state index is 0.745. The lowest BCUT2D eigenvalue weighted by Gasteiger charge is -2.28. The van der Waals surface area contributed by atoms with E-state index in [9.17, 15) is 0 Å². The predicted octanol–water partition coefficient (Wildman–Crippen LogP) is 2.89. The zero-order valence-electron chi connectivity index (χ0n) is 10.6. The highest BCUT2D eigenvalue weighted by Gasteiger charge is 2.19. The zero-order valence-corrected chi connectivity index (χ0v) is 11.4. The summed E-state index contributed by atoms with van der Waals surface area (Å²) < 4.78 is 0. The third-order valence-corrected chi connectivity index (χ3v) is 4.72. The van der Waals surface area contributed by atoms with Crippen LogP contribution in [0, 0.1) is 0 Å². The summed E-state index contributed by atoms with van der Waals surface area (Å²) in [7, 11) is 0. The molecule has 0 atom stereocenters. The molecular weight excluding hydrogens is 228 g/mol. The topological polar surface area (TPSA) is 24.9 Å². The van der Waals surface area contributed by atoms with Crippen LogP contribution in [0.4, 0.5) is 0 Å². The largest absolute Gasteiger partial charge is 0.314 e. The Morgan fingerprint density at radius 2 is 2.18 bits per heavy atom. The fourth-order valence-corrected chi connectivity index (χ4v) is 3.21. The highest BCUT2D eigenvalue weighted by molar-refractivity contribution is 7.99. The Bertz CT molecular complexity index is 307. The van der Waals surface area contributed by atoms with Gasteiger partial charge in [0.25, 0.3) is 0 Å². The monoisotopic (exact) mass is 250 g/mol. The molecule has 1 aliphatic carbocycles. The van der Waals surface area contributed by atoms with Crippen LogP contribution in [0.5, 0.6) is 0 Å². The Morgan fingerprint density at radius 3 is 2.82 bits per heavy atom. The Hall–Kier alpha value is -0.540. The predicted molar refractivity (Wildman–Crippen MR) is 75.5 cm³/mol. The maximum Gasteiger partial charge on any atom is 0.0300 e. The second kappa shape index (κ2) is 7.02.